The highest BCUT2D eigenvalue weighted by Crippen LogP contribution is 2.57. The van der Waals surface area contributed by atoms with Gasteiger partial charge in [0, 0.05) is 0 Å². The first-order valence-electron chi connectivity index (χ1n) is 8.95. The van der Waals surface area contributed by atoms with E-state index in [1.165, 1.54) is 51.4 Å². The number of hydrogen-bond donors (Lipinski definition) is 0. The third kappa shape index (κ3) is 3.05. The van der Waals surface area contributed by atoms with Crippen molar-refractivity contribution in [3.8, 4) is 0 Å². The number of hydrogen-bond acceptors (Lipinski definition) is 0. The highest BCUT2D eigenvalue weighted by atomic mass is 14.5. The Labute approximate surface area is 126 Å². The summed E-state index contributed by atoms with van der Waals surface area (Å²) in [4.78, 5) is 0. The van der Waals surface area contributed by atoms with Gasteiger partial charge in [0.2, 0.25) is 0 Å². The Morgan fingerprint density at radius 3 is 2.75 bits per heavy atom. The van der Waals surface area contributed by atoms with Crippen molar-refractivity contribution in [3.05, 3.63) is 24.3 Å². The molecule has 0 aromatic heterocycles. The third-order valence-electron chi connectivity index (χ3n) is 6.16. The summed E-state index contributed by atoms with van der Waals surface area (Å²) >= 11 is 0. The van der Waals surface area contributed by atoms with Crippen LogP contribution in [-0.4, -0.2) is 0 Å². The molecule has 0 nitrogen and oxygen atoms in total. The van der Waals surface area contributed by atoms with Gasteiger partial charge in [-0.15, -0.1) is 6.58 Å². The number of unbranched alkanes of at least 4 members (excludes halogenated alkanes) is 1. The van der Waals surface area contributed by atoms with Gasteiger partial charge in [-0.3, -0.25) is 0 Å². The van der Waals surface area contributed by atoms with Crippen LogP contribution in [0.15, 0.2) is 24.3 Å². The molecule has 0 heteroatoms. The zero-order chi connectivity index (χ0) is 14.6. The zero-order valence-electron chi connectivity index (χ0n) is 14.0. The molecule has 0 heterocycles. The quantitative estimate of drug-likeness (QED) is 0.395. The van der Waals surface area contributed by atoms with Crippen molar-refractivity contribution in [2.75, 3.05) is 0 Å². The van der Waals surface area contributed by atoms with Crippen LogP contribution in [-0.2, 0) is 0 Å². The zero-order valence-corrected chi connectivity index (χ0v) is 14.0. The van der Waals surface area contributed by atoms with Crippen LogP contribution < -0.4 is 0 Å². The lowest BCUT2D eigenvalue weighted by Crippen LogP contribution is -2.43. The molecule has 2 saturated carbocycles. The molecule has 114 valence electrons. The Balaban J connectivity index is 2.25. The molecule has 0 aromatic rings. The molecule has 0 spiro atoms. The van der Waals surface area contributed by atoms with Crippen molar-refractivity contribution in [1.29, 1.82) is 0 Å². The highest BCUT2D eigenvalue weighted by Gasteiger charge is 2.47. The monoisotopic (exact) mass is 274 g/mol. The molecular formula is C20H34. The predicted octanol–water partition coefficient (Wildman–Crippen LogP) is 6.53. The summed E-state index contributed by atoms with van der Waals surface area (Å²) in [6.07, 6.45) is 17.0. The normalized spacial score (nSPS) is 39.5. The molecule has 2 fully saturated rings. The second-order valence-electron chi connectivity index (χ2n) is 7.48. The number of rotatable bonds is 5. The van der Waals surface area contributed by atoms with Gasteiger partial charge in [-0.1, -0.05) is 57.8 Å². The maximum Gasteiger partial charge on any atom is -0.00828 e. The molecule has 0 bridgehead atoms. The van der Waals surface area contributed by atoms with Crippen LogP contribution >= 0.6 is 0 Å². The molecule has 2 aliphatic rings. The van der Waals surface area contributed by atoms with Crippen LogP contribution in [0, 0.1) is 23.2 Å². The average molecular weight is 274 g/mol. The smallest absolute Gasteiger partial charge is 0.00828 e. The Kier molecular flexibility index (Phi) is 5.52. The standard InChI is InChI=1S/C20H34/c1-5-7-8-12-19-17(10-6-2)13-14-18-16(3)11-9-15-20(18,19)4/h5,12,16-18H,1,6-11,13-15H2,2-4H3/b19-12+/t16?,17?,18?,20-/m1/s1. The van der Waals surface area contributed by atoms with Gasteiger partial charge in [-0.05, 0) is 61.7 Å². The maximum absolute atomic E-state index is 3.88. The van der Waals surface area contributed by atoms with E-state index in [-0.39, 0.29) is 0 Å². The van der Waals surface area contributed by atoms with Crippen LogP contribution in [0.2, 0.25) is 0 Å². The molecule has 3 unspecified atom stereocenters. The van der Waals surface area contributed by atoms with Crippen molar-refractivity contribution in [2.45, 2.75) is 78.6 Å². The van der Waals surface area contributed by atoms with Crippen molar-refractivity contribution in [1.82, 2.24) is 0 Å². The van der Waals surface area contributed by atoms with Crippen LogP contribution in [0.4, 0.5) is 0 Å². The molecule has 0 aliphatic heterocycles. The van der Waals surface area contributed by atoms with Crippen LogP contribution in [0.5, 0.6) is 0 Å². The fraction of sp³-hybridized carbons (Fsp3) is 0.800. The summed E-state index contributed by atoms with van der Waals surface area (Å²) in [5.74, 6) is 2.75. The van der Waals surface area contributed by atoms with E-state index in [0.717, 1.165) is 24.2 Å². The van der Waals surface area contributed by atoms with Gasteiger partial charge in [0.15, 0.2) is 0 Å². The van der Waals surface area contributed by atoms with Gasteiger partial charge in [0.05, 0.1) is 0 Å². The Hall–Kier alpha value is -0.520. The predicted molar refractivity (Wildman–Crippen MR) is 89.8 cm³/mol. The van der Waals surface area contributed by atoms with Crippen molar-refractivity contribution in [3.63, 3.8) is 0 Å². The minimum absolute atomic E-state index is 0.511. The number of fused-ring (bicyclic) bond motifs is 1. The molecule has 0 radical (unpaired) electrons. The first-order valence-corrected chi connectivity index (χ1v) is 8.95. The topological polar surface area (TPSA) is 0 Å². The fourth-order valence-corrected chi connectivity index (χ4v) is 5.17. The lowest BCUT2D eigenvalue weighted by Gasteiger charge is -2.53. The highest BCUT2D eigenvalue weighted by molar-refractivity contribution is 5.23. The molecular weight excluding hydrogens is 240 g/mol. The summed E-state index contributed by atoms with van der Waals surface area (Å²) in [6, 6.07) is 0. The largest absolute Gasteiger partial charge is 0.103 e. The van der Waals surface area contributed by atoms with Gasteiger partial charge in [-0.2, -0.15) is 0 Å². The lowest BCUT2D eigenvalue weighted by atomic mass is 9.52. The molecule has 20 heavy (non-hydrogen) atoms. The molecule has 0 N–H and O–H groups in total. The van der Waals surface area contributed by atoms with E-state index in [1.54, 1.807) is 0 Å². The number of allylic oxidation sites excluding steroid dienone is 3. The van der Waals surface area contributed by atoms with E-state index in [9.17, 15) is 0 Å². The minimum atomic E-state index is 0.511. The van der Waals surface area contributed by atoms with Gasteiger partial charge in [0.1, 0.15) is 0 Å². The summed E-state index contributed by atoms with van der Waals surface area (Å²) in [7, 11) is 0. The van der Waals surface area contributed by atoms with Gasteiger partial charge >= 0.3 is 0 Å². The van der Waals surface area contributed by atoms with Gasteiger partial charge < -0.3 is 0 Å². The van der Waals surface area contributed by atoms with E-state index < -0.39 is 0 Å². The van der Waals surface area contributed by atoms with E-state index in [0.29, 0.717) is 5.41 Å². The van der Waals surface area contributed by atoms with Crippen LogP contribution in [0.1, 0.15) is 78.6 Å². The van der Waals surface area contributed by atoms with Gasteiger partial charge in [-0.25, -0.2) is 0 Å². The molecule has 0 saturated heterocycles. The van der Waals surface area contributed by atoms with E-state index in [4.69, 9.17) is 0 Å². The summed E-state index contributed by atoms with van der Waals surface area (Å²) in [6.45, 7) is 11.3. The Morgan fingerprint density at radius 1 is 1.25 bits per heavy atom. The summed E-state index contributed by atoms with van der Waals surface area (Å²) in [5.41, 5.74) is 2.35. The molecule has 4 atom stereocenters. The minimum Gasteiger partial charge on any atom is -0.103 e. The van der Waals surface area contributed by atoms with Crippen molar-refractivity contribution < 1.29 is 0 Å². The average Bonchev–Trinajstić information content (AvgIpc) is 2.41. The molecule has 0 amide bonds. The van der Waals surface area contributed by atoms with Gasteiger partial charge in [0.25, 0.3) is 0 Å². The SMILES string of the molecule is C=CCC/C=C1\C(CCC)CCC2C(C)CCC[C@@]12C. The third-order valence-corrected chi connectivity index (χ3v) is 6.16. The summed E-state index contributed by atoms with van der Waals surface area (Å²) in [5, 5.41) is 0. The van der Waals surface area contributed by atoms with Crippen molar-refractivity contribution >= 4 is 0 Å². The molecule has 2 rings (SSSR count). The molecule has 0 aromatic carbocycles. The maximum atomic E-state index is 3.88. The summed E-state index contributed by atoms with van der Waals surface area (Å²) < 4.78 is 0. The van der Waals surface area contributed by atoms with E-state index >= 15 is 0 Å². The second-order valence-corrected chi connectivity index (χ2v) is 7.48. The lowest BCUT2D eigenvalue weighted by molar-refractivity contribution is 0.0500. The molecule has 2 aliphatic carbocycles. The van der Waals surface area contributed by atoms with E-state index in [1.807, 2.05) is 5.57 Å². The Bertz CT molecular complexity index is 351. The Morgan fingerprint density at radius 2 is 2.05 bits per heavy atom. The van der Waals surface area contributed by atoms with E-state index in [2.05, 4.69) is 39.5 Å². The first-order chi connectivity index (χ1) is 9.63. The van der Waals surface area contributed by atoms with Crippen molar-refractivity contribution in [2.24, 2.45) is 23.2 Å². The van der Waals surface area contributed by atoms with Crippen LogP contribution in [0.3, 0.4) is 0 Å². The fourth-order valence-electron chi connectivity index (χ4n) is 5.17. The first kappa shape index (κ1) is 15.9. The second kappa shape index (κ2) is 6.96. The van der Waals surface area contributed by atoms with Crippen LogP contribution in [0.25, 0.3) is 0 Å².